The average Bonchev–Trinajstić information content (AvgIpc) is 2.72. The first-order valence-corrected chi connectivity index (χ1v) is 11.0. The standard InChI is InChI=1S/C25H27ClFNO5/c1-5-33-19-11-14(9-15-7-6-8-18(26)21(15)27)10-16-22(19)28(20(13-29)25(2,3)4)12-17(23(16)30)24(31)32/h6-8,10-12,20,29H,5,9,13H2,1-4H3,(H,31,32). The molecule has 0 fully saturated rings. The van der Waals surface area contributed by atoms with Gasteiger partial charge in [-0.1, -0.05) is 44.5 Å². The second kappa shape index (κ2) is 9.53. The summed E-state index contributed by atoms with van der Waals surface area (Å²) in [6.07, 6.45) is 1.39. The lowest BCUT2D eigenvalue weighted by Crippen LogP contribution is -2.30. The first-order valence-electron chi connectivity index (χ1n) is 10.6. The summed E-state index contributed by atoms with van der Waals surface area (Å²) in [5, 5.41) is 20.0. The van der Waals surface area contributed by atoms with E-state index in [0.717, 1.165) is 0 Å². The first kappa shape index (κ1) is 24.7. The van der Waals surface area contributed by atoms with E-state index in [-0.39, 0.29) is 30.0 Å². The summed E-state index contributed by atoms with van der Waals surface area (Å²) in [4.78, 5) is 25.0. The highest BCUT2D eigenvalue weighted by molar-refractivity contribution is 6.30. The minimum Gasteiger partial charge on any atom is -0.492 e. The summed E-state index contributed by atoms with van der Waals surface area (Å²) in [6, 6.07) is 7.41. The van der Waals surface area contributed by atoms with Gasteiger partial charge in [0.2, 0.25) is 5.43 Å². The number of nitrogens with zero attached hydrogens (tertiary/aromatic N) is 1. The van der Waals surface area contributed by atoms with Crippen molar-refractivity contribution in [3.8, 4) is 5.75 Å². The third kappa shape index (κ3) is 4.89. The highest BCUT2D eigenvalue weighted by atomic mass is 35.5. The van der Waals surface area contributed by atoms with Gasteiger partial charge in [-0.15, -0.1) is 0 Å². The number of hydrogen-bond acceptors (Lipinski definition) is 4. The van der Waals surface area contributed by atoms with Crippen LogP contribution in [0.5, 0.6) is 5.75 Å². The topological polar surface area (TPSA) is 88.8 Å². The summed E-state index contributed by atoms with van der Waals surface area (Å²) >= 11 is 5.91. The number of halogens is 2. The number of pyridine rings is 1. The molecule has 0 bridgehead atoms. The Morgan fingerprint density at radius 1 is 1.27 bits per heavy atom. The van der Waals surface area contributed by atoms with Crippen molar-refractivity contribution in [2.24, 2.45) is 5.41 Å². The van der Waals surface area contributed by atoms with E-state index in [1.165, 1.54) is 12.3 Å². The lowest BCUT2D eigenvalue weighted by molar-refractivity contribution is 0.0692. The van der Waals surface area contributed by atoms with Crippen LogP contribution in [-0.2, 0) is 6.42 Å². The monoisotopic (exact) mass is 475 g/mol. The van der Waals surface area contributed by atoms with Crippen LogP contribution in [0.3, 0.4) is 0 Å². The van der Waals surface area contributed by atoms with Crippen LogP contribution in [0.15, 0.2) is 41.3 Å². The van der Waals surface area contributed by atoms with E-state index in [2.05, 4.69) is 0 Å². The zero-order valence-corrected chi connectivity index (χ0v) is 19.7. The van der Waals surface area contributed by atoms with Crippen LogP contribution in [0.2, 0.25) is 5.02 Å². The van der Waals surface area contributed by atoms with Crippen molar-refractivity contribution in [3.63, 3.8) is 0 Å². The van der Waals surface area contributed by atoms with Crippen molar-refractivity contribution in [3.05, 3.63) is 74.3 Å². The number of carboxylic acid groups (broad SMARTS) is 1. The second-order valence-electron chi connectivity index (χ2n) is 8.96. The minimum absolute atomic E-state index is 0.00944. The Hall–Kier alpha value is -2.90. The second-order valence-corrected chi connectivity index (χ2v) is 9.37. The molecule has 0 aliphatic rings. The SMILES string of the molecule is CCOc1cc(Cc2cccc(Cl)c2F)cc2c(=O)c(C(=O)O)cn(C(CO)C(C)(C)C)c12. The van der Waals surface area contributed by atoms with Crippen LogP contribution in [0.25, 0.3) is 10.9 Å². The molecule has 3 aromatic rings. The molecule has 0 saturated carbocycles. The molecule has 8 heteroatoms. The number of aliphatic hydroxyl groups is 1. The Morgan fingerprint density at radius 2 is 1.97 bits per heavy atom. The minimum atomic E-state index is -1.37. The number of aliphatic hydroxyl groups excluding tert-OH is 1. The van der Waals surface area contributed by atoms with E-state index in [1.54, 1.807) is 35.8 Å². The van der Waals surface area contributed by atoms with Gasteiger partial charge < -0.3 is 19.5 Å². The highest BCUT2D eigenvalue weighted by Crippen LogP contribution is 2.36. The summed E-state index contributed by atoms with van der Waals surface area (Å²) in [6.45, 7) is 7.54. The molecule has 0 amide bonds. The first-order chi connectivity index (χ1) is 15.5. The predicted molar refractivity (Wildman–Crippen MR) is 126 cm³/mol. The van der Waals surface area contributed by atoms with Crippen molar-refractivity contribution >= 4 is 28.5 Å². The van der Waals surface area contributed by atoms with E-state index < -0.39 is 34.2 Å². The number of benzene rings is 2. The summed E-state index contributed by atoms with van der Waals surface area (Å²) in [5.41, 5.74) is -0.265. The third-order valence-electron chi connectivity index (χ3n) is 5.62. The zero-order valence-electron chi connectivity index (χ0n) is 19.0. The summed E-state index contributed by atoms with van der Waals surface area (Å²) in [5.74, 6) is -1.57. The fraction of sp³-hybridized carbons (Fsp3) is 0.360. The van der Waals surface area contributed by atoms with Gasteiger partial charge in [-0.3, -0.25) is 4.79 Å². The molecule has 1 unspecified atom stereocenters. The molecule has 0 spiro atoms. The Morgan fingerprint density at radius 3 is 2.55 bits per heavy atom. The van der Waals surface area contributed by atoms with Gasteiger partial charge >= 0.3 is 5.97 Å². The van der Waals surface area contributed by atoms with Crippen LogP contribution < -0.4 is 10.2 Å². The molecule has 0 aliphatic heterocycles. The molecule has 2 N–H and O–H groups in total. The van der Waals surface area contributed by atoms with Gasteiger partial charge in [-0.05, 0) is 41.7 Å². The van der Waals surface area contributed by atoms with Gasteiger partial charge in [0.1, 0.15) is 17.1 Å². The normalized spacial score (nSPS) is 12.7. The largest absolute Gasteiger partial charge is 0.492 e. The van der Waals surface area contributed by atoms with Crippen molar-refractivity contribution in [1.82, 2.24) is 4.57 Å². The van der Waals surface area contributed by atoms with Crippen LogP contribution in [0.4, 0.5) is 4.39 Å². The average molecular weight is 476 g/mol. The van der Waals surface area contributed by atoms with Gasteiger partial charge in [0.25, 0.3) is 0 Å². The van der Waals surface area contributed by atoms with Gasteiger partial charge in [0, 0.05) is 12.6 Å². The van der Waals surface area contributed by atoms with E-state index >= 15 is 0 Å². The van der Waals surface area contributed by atoms with Crippen molar-refractivity contribution < 1.29 is 24.1 Å². The molecule has 0 radical (unpaired) electrons. The molecule has 6 nitrogen and oxygen atoms in total. The Labute approximate surface area is 196 Å². The zero-order chi connectivity index (χ0) is 24.5. The number of fused-ring (bicyclic) bond motifs is 1. The Bertz CT molecular complexity index is 1260. The molecular formula is C25H27ClFNO5. The predicted octanol–water partition coefficient (Wildman–Crippen LogP) is 5.06. The van der Waals surface area contributed by atoms with E-state index in [4.69, 9.17) is 16.3 Å². The Balaban J connectivity index is 2.37. The van der Waals surface area contributed by atoms with E-state index in [9.17, 15) is 24.2 Å². The summed E-state index contributed by atoms with van der Waals surface area (Å²) < 4.78 is 22.0. The number of hydrogen-bond donors (Lipinski definition) is 2. The van der Waals surface area contributed by atoms with Crippen LogP contribution in [-0.4, -0.2) is 34.0 Å². The maximum absolute atomic E-state index is 14.5. The number of ether oxygens (including phenoxy) is 1. The quantitative estimate of drug-likeness (QED) is 0.498. The molecule has 1 atom stereocenters. The lowest BCUT2D eigenvalue weighted by Gasteiger charge is -2.33. The summed E-state index contributed by atoms with van der Waals surface area (Å²) in [7, 11) is 0. The smallest absolute Gasteiger partial charge is 0.341 e. The molecule has 2 aromatic carbocycles. The van der Waals surface area contributed by atoms with Crippen molar-refractivity contribution in [2.75, 3.05) is 13.2 Å². The van der Waals surface area contributed by atoms with Crippen molar-refractivity contribution in [2.45, 2.75) is 40.2 Å². The molecule has 33 heavy (non-hydrogen) atoms. The molecule has 0 saturated heterocycles. The van der Waals surface area contributed by atoms with E-state index in [1.807, 2.05) is 20.8 Å². The molecule has 176 valence electrons. The fourth-order valence-corrected chi connectivity index (χ4v) is 4.16. The Kier molecular flexibility index (Phi) is 7.14. The van der Waals surface area contributed by atoms with E-state index in [0.29, 0.717) is 22.4 Å². The molecular weight excluding hydrogens is 449 g/mol. The number of carbonyl (C=O) groups is 1. The molecule has 1 aromatic heterocycles. The molecule has 0 aliphatic carbocycles. The third-order valence-corrected chi connectivity index (χ3v) is 5.91. The maximum Gasteiger partial charge on any atom is 0.341 e. The van der Waals surface area contributed by atoms with Gasteiger partial charge in [-0.2, -0.15) is 0 Å². The maximum atomic E-state index is 14.5. The van der Waals surface area contributed by atoms with Crippen LogP contribution >= 0.6 is 11.6 Å². The molecule has 3 rings (SSSR count). The van der Waals surface area contributed by atoms with Crippen LogP contribution in [0.1, 0.15) is 55.2 Å². The lowest BCUT2D eigenvalue weighted by atomic mass is 9.86. The highest BCUT2D eigenvalue weighted by Gasteiger charge is 2.29. The number of aromatic carboxylic acids is 1. The van der Waals surface area contributed by atoms with Gasteiger partial charge in [0.15, 0.2) is 0 Å². The molecule has 1 heterocycles. The number of rotatable bonds is 7. The number of aromatic nitrogens is 1. The van der Waals surface area contributed by atoms with Crippen LogP contribution in [0, 0.1) is 11.2 Å². The van der Waals surface area contributed by atoms with Gasteiger partial charge in [0.05, 0.1) is 35.2 Å². The van der Waals surface area contributed by atoms with Crippen molar-refractivity contribution in [1.29, 1.82) is 0 Å². The van der Waals surface area contributed by atoms with Gasteiger partial charge in [-0.25, -0.2) is 9.18 Å². The fourth-order valence-electron chi connectivity index (χ4n) is 3.96. The number of carboxylic acids is 1.